The van der Waals surface area contributed by atoms with E-state index in [1.807, 2.05) is 48.6 Å². The molecule has 0 aliphatic rings. The standard InChI is InChI=1S/C15H17F3N4OS/c1-22(2)7-12-20-11-6-4-3-5-10(11)14(21-12)24-8-13(23)19-9-15(16,17)18/h3-6H,7-9H2,1-2H3,(H,19,23). The van der Waals surface area contributed by atoms with Crippen molar-refractivity contribution in [3.05, 3.63) is 30.1 Å². The van der Waals surface area contributed by atoms with Crippen LogP contribution in [0.2, 0.25) is 0 Å². The van der Waals surface area contributed by atoms with Crippen LogP contribution in [0.4, 0.5) is 13.2 Å². The number of hydrogen-bond donors (Lipinski definition) is 1. The highest BCUT2D eigenvalue weighted by Gasteiger charge is 2.27. The summed E-state index contributed by atoms with van der Waals surface area (Å²) in [7, 11) is 3.77. The van der Waals surface area contributed by atoms with Gasteiger partial charge in [0, 0.05) is 5.39 Å². The van der Waals surface area contributed by atoms with Crippen LogP contribution in [-0.4, -0.2) is 53.3 Å². The van der Waals surface area contributed by atoms with Gasteiger partial charge in [0.05, 0.1) is 17.8 Å². The number of nitrogens with zero attached hydrogens (tertiary/aromatic N) is 3. The lowest BCUT2D eigenvalue weighted by Gasteiger charge is -2.12. The molecule has 1 aromatic heterocycles. The van der Waals surface area contributed by atoms with Gasteiger partial charge in [-0.3, -0.25) is 4.79 Å². The van der Waals surface area contributed by atoms with Gasteiger partial charge in [0.15, 0.2) is 0 Å². The molecule has 0 radical (unpaired) electrons. The molecule has 0 fully saturated rings. The molecule has 0 saturated heterocycles. The number of thioether (sulfide) groups is 1. The summed E-state index contributed by atoms with van der Waals surface area (Å²) in [6.45, 7) is -0.804. The average molecular weight is 358 g/mol. The molecule has 9 heteroatoms. The van der Waals surface area contributed by atoms with Crippen molar-refractivity contribution in [3.8, 4) is 0 Å². The molecule has 0 aliphatic carbocycles. The maximum atomic E-state index is 12.1. The first-order valence-corrected chi connectivity index (χ1v) is 8.10. The summed E-state index contributed by atoms with van der Waals surface area (Å²) >= 11 is 1.10. The Balaban J connectivity index is 2.13. The average Bonchev–Trinajstić information content (AvgIpc) is 2.49. The second kappa shape index (κ2) is 7.80. The van der Waals surface area contributed by atoms with Crippen LogP contribution in [0.15, 0.2) is 29.3 Å². The van der Waals surface area contributed by atoms with Crippen LogP contribution in [0.1, 0.15) is 5.82 Å². The van der Waals surface area contributed by atoms with Crippen molar-refractivity contribution in [1.29, 1.82) is 0 Å². The monoisotopic (exact) mass is 358 g/mol. The van der Waals surface area contributed by atoms with Gasteiger partial charge in [-0.2, -0.15) is 13.2 Å². The zero-order valence-electron chi connectivity index (χ0n) is 13.2. The van der Waals surface area contributed by atoms with Gasteiger partial charge in [0.2, 0.25) is 5.91 Å². The molecule has 5 nitrogen and oxygen atoms in total. The predicted octanol–water partition coefficient (Wildman–Crippen LogP) is 2.46. The van der Waals surface area contributed by atoms with Crippen LogP contribution < -0.4 is 5.32 Å². The van der Waals surface area contributed by atoms with E-state index in [0.29, 0.717) is 17.4 Å². The van der Waals surface area contributed by atoms with Gasteiger partial charge < -0.3 is 10.2 Å². The Morgan fingerprint density at radius 3 is 2.62 bits per heavy atom. The first kappa shape index (κ1) is 18.5. The smallest absolute Gasteiger partial charge is 0.346 e. The fourth-order valence-electron chi connectivity index (χ4n) is 1.94. The highest BCUT2D eigenvalue weighted by atomic mass is 32.2. The largest absolute Gasteiger partial charge is 0.405 e. The zero-order valence-corrected chi connectivity index (χ0v) is 14.0. The number of aromatic nitrogens is 2. The van der Waals surface area contributed by atoms with Crippen molar-refractivity contribution in [3.63, 3.8) is 0 Å². The maximum absolute atomic E-state index is 12.1. The van der Waals surface area contributed by atoms with E-state index >= 15 is 0 Å². The Labute approximate surface area is 141 Å². The Kier molecular flexibility index (Phi) is 6.00. The minimum Gasteiger partial charge on any atom is -0.346 e. The molecule has 1 amide bonds. The number of alkyl halides is 3. The van der Waals surface area contributed by atoms with Crippen molar-refractivity contribution < 1.29 is 18.0 Å². The molecule has 130 valence electrons. The van der Waals surface area contributed by atoms with Crippen LogP contribution >= 0.6 is 11.8 Å². The van der Waals surface area contributed by atoms with E-state index in [9.17, 15) is 18.0 Å². The third kappa shape index (κ3) is 5.64. The summed E-state index contributed by atoms with van der Waals surface area (Å²) in [5.41, 5.74) is 0.738. The first-order valence-electron chi connectivity index (χ1n) is 7.11. The number of benzene rings is 1. The normalized spacial score (nSPS) is 11.9. The molecule has 1 aromatic carbocycles. The maximum Gasteiger partial charge on any atom is 0.405 e. The molecular formula is C15H17F3N4OS. The van der Waals surface area contributed by atoms with Crippen LogP contribution in [-0.2, 0) is 11.3 Å². The molecule has 1 N–H and O–H groups in total. The van der Waals surface area contributed by atoms with Crippen molar-refractivity contribution in [2.24, 2.45) is 0 Å². The van der Waals surface area contributed by atoms with E-state index in [2.05, 4.69) is 9.97 Å². The number of amides is 1. The fraction of sp³-hybridized carbons (Fsp3) is 0.400. The topological polar surface area (TPSA) is 58.1 Å². The van der Waals surface area contributed by atoms with Crippen LogP contribution in [0.25, 0.3) is 10.9 Å². The highest BCUT2D eigenvalue weighted by molar-refractivity contribution is 8.00. The Bertz CT molecular complexity index is 721. The molecule has 0 spiro atoms. The highest BCUT2D eigenvalue weighted by Crippen LogP contribution is 2.25. The van der Waals surface area contributed by atoms with Crippen molar-refractivity contribution in [2.75, 3.05) is 26.4 Å². The second-order valence-corrected chi connectivity index (χ2v) is 6.34. The van der Waals surface area contributed by atoms with Crippen LogP contribution in [0, 0.1) is 0 Å². The molecule has 2 aromatic rings. The fourth-order valence-corrected chi connectivity index (χ4v) is 2.81. The minimum atomic E-state index is -4.42. The summed E-state index contributed by atoms with van der Waals surface area (Å²) in [6.07, 6.45) is -4.42. The third-order valence-electron chi connectivity index (χ3n) is 2.90. The van der Waals surface area contributed by atoms with Gasteiger partial charge in [-0.25, -0.2) is 9.97 Å². The van der Waals surface area contributed by atoms with Crippen molar-refractivity contribution in [2.45, 2.75) is 17.7 Å². The lowest BCUT2D eigenvalue weighted by molar-refractivity contribution is -0.136. The SMILES string of the molecule is CN(C)Cc1nc(SCC(=O)NCC(F)(F)F)c2ccccc2n1. The lowest BCUT2D eigenvalue weighted by Crippen LogP contribution is -2.34. The number of rotatable bonds is 6. The number of nitrogens with one attached hydrogen (secondary N) is 1. The van der Waals surface area contributed by atoms with Crippen molar-refractivity contribution in [1.82, 2.24) is 20.2 Å². The van der Waals surface area contributed by atoms with E-state index in [0.717, 1.165) is 22.7 Å². The Morgan fingerprint density at radius 2 is 1.96 bits per heavy atom. The zero-order chi connectivity index (χ0) is 17.7. The van der Waals surface area contributed by atoms with Gasteiger partial charge in [0.25, 0.3) is 0 Å². The molecule has 2 rings (SSSR count). The van der Waals surface area contributed by atoms with Gasteiger partial charge in [0.1, 0.15) is 17.4 Å². The quantitative estimate of drug-likeness (QED) is 0.635. The van der Waals surface area contributed by atoms with E-state index in [1.165, 1.54) is 0 Å². The van der Waals surface area contributed by atoms with Gasteiger partial charge in [-0.15, -0.1) is 0 Å². The Morgan fingerprint density at radius 1 is 1.25 bits per heavy atom. The summed E-state index contributed by atoms with van der Waals surface area (Å²) in [5, 5.41) is 3.21. The van der Waals surface area contributed by atoms with Gasteiger partial charge >= 0.3 is 6.18 Å². The number of hydrogen-bond acceptors (Lipinski definition) is 5. The number of para-hydroxylation sites is 1. The number of halogens is 3. The van der Waals surface area contributed by atoms with E-state index in [1.54, 1.807) is 0 Å². The molecule has 0 bridgehead atoms. The van der Waals surface area contributed by atoms with Crippen LogP contribution in [0.5, 0.6) is 0 Å². The minimum absolute atomic E-state index is 0.140. The van der Waals surface area contributed by atoms with Crippen molar-refractivity contribution >= 4 is 28.6 Å². The molecule has 0 atom stereocenters. The number of carbonyl (C=O) groups is 1. The molecule has 24 heavy (non-hydrogen) atoms. The summed E-state index contributed by atoms with van der Waals surface area (Å²) in [4.78, 5) is 22.4. The first-order chi connectivity index (χ1) is 11.2. The van der Waals surface area contributed by atoms with E-state index in [4.69, 9.17) is 0 Å². The summed E-state index contributed by atoms with van der Waals surface area (Å²) in [6, 6.07) is 7.33. The Hall–Kier alpha value is -1.87. The predicted molar refractivity (Wildman–Crippen MR) is 86.7 cm³/mol. The molecule has 0 unspecified atom stereocenters. The van der Waals surface area contributed by atoms with E-state index < -0.39 is 18.6 Å². The van der Waals surface area contributed by atoms with Crippen LogP contribution in [0.3, 0.4) is 0 Å². The molecule has 1 heterocycles. The lowest BCUT2D eigenvalue weighted by atomic mass is 10.2. The summed E-state index contributed by atoms with van der Waals surface area (Å²) < 4.78 is 36.3. The molecule has 0 saturated carbocycles. The number of carbonyl (C=O) groups excluding carboxylic acids is 1. The second-order valence-electron chi connectivity index (χ2n) is 5.38. The van der Waals surface area contributed by atoms with Gasteiger partial charge in [-0.1, -0.05) is 30.0 Å². The number of fused-ring (bicyclic) bond motifs is 1. The molecule has 0 aliphatic heterocycles. The van der Waals surface area contributed by atoms with E-state index in [-0.39, 0.29) is 5.75 Å². The van der Waals surface area contributed by atoms with Gasteiger partial charge in [-0.05, 0) is 20.2 Å². The third-order valence-corrected chi connectivity index (χ3v) is 3.89. The summed E-state index contributed by atoms with van der Waals surface area (Å²) in [5.74, 6) is -0.232. The molecular weight excluding hydrogens is 341 g/mol.